The van der Waals surface area contributed by atoms with Gasteiger partial charge in [-0.25, -0.2) is 17.9 Å². The number of anilines is 1. The Kier molecular flexibility index (Phi) is 8.39. The van der Waals surface area contributed by atoms with Crippen LogP contribution in [0.5, 0.6) is 5.75 Å². The van der Waals surface area contributed by atoms with E-state index in [0.717, 1.165) is 5.56 Å². The van der Waals surface area contributed by atoms with Crippen LogP contribution in [0.4, 0.5) is 5.69 Å². The van der Waals surface area contributed by atoms with E-state index >= 15 is 0 Å². The summed E-state index contributed by atoms with van der Waals surface area (Å²) in [5.74, 6) is -0.485. The van der Waals surface area contributed by atoms with E-state index in [2.05, 4.69) is 10.0 Å². The second kappa shape index (κ2) is 11.4. The smallest absolute Gasteiger partial charge is 0.338 e. The molecule has 0 spiro atoms. The second-order valence-corrected chi connectivity index (χ2v) is 9.07. The maximum atomic E-state index is 12.7. The van der Waals surface area contributed by atoms with Gasteiger partial charge in [0.2, 0.25) is 10.0 Å². The molecule has 3 aromatic rings. The Morgan fingerprint density at radius 2 is 1.56 bits per heavy atom. The lowest BCUT2D eigenvalue weighted by Crippen LogP contribution is -2.26. The van der Waals surface area contributed by atoms with Gasteiger partial charge in [-0.3, -0.25) is 4.79 Å². The molecule has 8 nitrogen and oxygen atoms in total. The average Bonchev–Trinajstić information content (AvgIpc) is 2.84. The van der Waals surface area contributed by atoms with Gasteiger partial charge >= 0.3 is 5.97 Å². The zero-order valence-electron chi connectivity index (χ0n) is 18.9. The van der Waals surface area contributed by atoms with Gasteiger partial charge in [0.05, 0.1) is 17.1 Å². The van der Waals surface area contributed by atoms with Gasteiger partial charge in [-0.1, -0.05) is 30.3 Å². The van der Waals surface area contributed by atoms with Crippen molar-refractivity contribution in [2.24, 2.45) is 0 Å². The number of hydrogen-bond acceptors (Lipinski definition) is 6. The van der Waals surface area contributed by atoms with Crippen molar-refractivity contribution in [3.05, 3.63) is 90.0 Å². The first-order valence-electron chi connectivity index (χ1n) is 10.7. The summed E-state index contributed by atoms with van der Waals surface area (Å²) in [5.41, 5.74) is 1.74. The van der Waals surface area contributed by atoms with E-state index < -0.39 is 27.9 Å². The quantitative estimate of drug-likeness (QED) is 0.424. The minimum absolute atomic E-state index is 0.0915. The highest BCUT2D eigenvalue weighted by Gasteiger charge is 2.18. The molecule has 0 aliphatic carbocycles. The molecular formula is C25H26N2O6S. The molecule has 1 amide bonds. The molecule has 0 heterocycles. The Morgan fingerprint density at radius 1 is 0.912 bits per heavy atom. The highest BCUT2D eigenvalue weighted by Crippen LogP contribution is 2.19. The van der Waals surface area contributed by atoms with E-state index in [9.17, 15) is 18.0 Å². The lowest BCUT2D eigenvalue weighted by atomic mass is 10.1. The van der Waals surface area contributed by atoms with Gasteiger partial charge in [0.15, 0.2) is 6.61 Å². The van der Waals surface area contributed by atoms with Crippen molar-refractivity contribution in [1.29, 1.82) is 0 Å². The Labute approximate surface area is 199 Å². The number of sulfonamides is 1. The third-order valence-electron chi connectivity index (χ3n) is 4.82. The number of ether oxygens (including phenoxy) is 2. The normalized spacial score (nSPS) is 11.9. The molecule has 0 saturated heterocycles. The van der Waals surface area contributed by atoms with E-state index in [1.54, 1.807) is 38.1 Å². The van der Waals surface area contributed by atoms with Crippen LogP contribution in [0.25, 0.3) is 0 Å². The molecule has 0 aliphatic rings. The van der Waals surface area contributed by atoms with E-state index in [-0.39, 0.29) is 18.1 Å². The first kappa shape index (κ1) is 24.9. The fraction of sp³-hybridized carbons (Fsp3) is 0.200. The van der Waals surface area contributed by atoms with Crippen molar-refractivity contribution < 1.29 is 27.5 Å². The number of benzene rings is 3. The van der Waals surface area contributed by atoms with Crippen molar-refractivity contribution in [2.45, 2.75) is 24.8 Å². The number of nitrogens with one attached hydrogen (secondary N) is 2. The topological polar surface area (TPSA) is 111 Å². The fourth-order valence-corrected chi connectivity index (χ4v) is 4.31. The number of carbonyl (C=O) groups is 2. The monoisotopic (exact) mass is 482 g/mol. The third kappa shape index (κ3) is 6.90. The molecule has 0 unspecified atom stereocenters. The zero-order valence-corrected chi connectivity index (χ0v) is 19.7. The minimum Gasteiger partial charge on any atom is -0.484 e. The number of hydrogen-bond donors (Lipinski definition) is 2. The molecule has 178 valence electrons. The summed E-state index contributed by atoms with van der Waals surface area (Å²) in [7, 11) is -3.73. The largest absolute Gasteiger partial charge is 0.484 e. The molecule has 3 rings (SSSR count). The number of rotatable bonds is 10. The Balaban J connectivity index is 1.52. The highest BCUT2D eigenvalue weighted by molar-refractivity contribution is 7.89. The standard InChI is InChI=1S/C25H26N2O6S/c1-3-32-25(29)20-9-11-21(12-10-20)26-24(28)17-33-22-13-15-23(16-14-22)34(30,31)27-18(2)19-7-5-4-6-8-19/h4-16,18,27H,3,17H2,1-2H3,(H,26,28)/t18-/m0/s1. The van der Waals surface area contributed by atoms with Gasteiger partial charge in [0.25, 0.3) is 5.91 Å². The Hall–Kier alpha value is -3.69. The van der Waals surface area contributed by atoms with Crippen molar-refractivity contribution in [3.8, 4) is 5.75 Å². The summed E-state index contributed by atoms with van der Waals surface area (Å²) in [6, 6.07) is 21.0. The summed E-state index contributed by atoms with van der Waals surface area (Å²) in [5, 5.41) is 2.66. The van der Waals surface area contributed by atoms with Gasteiger partial charge < -0.3 is 14.8 Å². The summed E-state index contributed by atoms with van der Waals surface area (Å²) in [4.78, 5) is 23.9. The van der Waals surface area contributed by atoms with Crippen LogP contribution >= 0.6 is 0 Å². The second-order valence-electron chi connectivity index (χ2n) is 7.36. The number of amides is 1. The van der Waals surface area contributed by atoms with Crippen molar-refractivity contribution in [1.82, 2.24) is 4.72 Å². The van der Waals surface area contributed by atoms with Crippen LogP contribution in [0.1, 0.15) is 35.8 Å². The van der Waals surface area contributed by atoms with E-state index in [1.807, 2.05) is 30.3 Å². The molecule has 2 N–H and O–H groups in total. The van der Waals surface area contributed by atoms with Gasteiger partial charge in [0.1, 0.15) is 5.75 Å². The predicted octanol–water partition coefficient (Wildman–Crippen LogP) is 3.92. The molecule has 1 atom stereocenters. The molecule has 0 radical (unpaired) electrons. The maximum absolute atomic E-state index is 12.7. The summed E-state index contributed by atoms with van der Waals surface area (Å²) < 4.78 is 38.3. The Morgan fingerprint density at radius 3 is 2.18 bits per heavy atom. The SMILES string of the molecule is CCOC(=O)c1ccc(NC(=O)COc2ccc(S(=O)(=O)N[C@@H](C)c3ccccc3)cc2)cc1. The molecule has 0 aliphatic heterocycles. The van der Waals surface area contributed by atoms with Crippen LogP contribution < -0.4 is 14.8 Å². The van der Waals surface area contributed by atoms with Crippen LogP contribution in [0.15, 0.2) is 83.8 Å². The summed E-state index contributed by atoms with van der Waals surface area (Å²) >= 11 is 0. The average molecular weight is 483 g/mol. The van der Waals surface area contributed by atoms with Crippen molar-refractivity contribution >= 4 is 27.6 Å². The van der Waals surface area contributed by atoms with Crippen LogP contribution in [-0.2, 0) is 19.6 Å². The highest BCUT2D eigenvalue weighted by atomic mass is 32.2. The molecule has 0 bridgehead atoms. The number of carbonyl (C=O) groups excluding carboxylic acids is 2. The van der Waals surface area contributed by atoms with E-state index in [4.69, 9.17) is 9.47 Å². The lowest BCUT2D eigenvalue weighted by molar-refractivity contribution is -0.118. The van der Waals surface area contributed by atoms with Crippen LogP contribution in [-0.4, -0.2) is 33.5 Å². The van der Waals surface area contributed by atoms with Gasteiger partial charge in [-0.05, 0) is 67.9 Å². The van der Waals surface area contributed by atoms with Crippen molar-refractivity contribution in [2.75, 3.05) is 18.5 Å². The molecule has 0 aromatic heterocycles. The zero-order chi connectivity index (χ0) is 24.6. The lowest BCUT2D eigenvalue weighted by Gasteiger charge is -2.15. The molecule has 3 aromatic carbocycles. The first-order valence-corrected chi connectivity index (χ1v) is 12.1. The van der Waals surface area contributed by atoms with Gasteiger partial charge in [-0.15, -0.1) is 0 Å². The van der Waals surface area contributed by atoms with E-state index in [1.165, 1.54) is 24.3 Å². The first-order chi connectivity index (χ1) is 16.3. The van der Waals surface area contributed by atoms with E-state index in [0.29, 0.717) is 17.0 Å². The van der Waals surface area contributed by atoms with Crippen LogP contribution in [0.2, 0.25) is 0 Å². The molecule has 0 saturated carbocycles. The minimum atomic E-state index is -3.73. The fourth-order valence-electron chi connectivity index (χ4n) is 3.08. The maximum Gasteiger partial charge on any atom is 0.338 e. The predicted molar refractivity (Wildman–Crippen MR) is 128 cm³/mol. The van der Waals surface area contributed by atoms with Gasteiger partial charge in [0, 0.05) is 11.7 Å². The van der Waals surface area contributed by atoms with Crippen LogP contribution in [0.3, 0.4) is 0 Å². The summed E-state index contributed by atoms with van der Waals surface area (Å²) in [6.07, 6.45) is 0. The molecular weight excluding hydrogens is 456 g/mol. The van der Waals surface area contributed by atoms with Crippen LogP contribution in [0, 0.1) is 0 Å². The molecule has 0 fully saturated rings. The van der Waals surface area contributed by atoms with Gasteiger partial charge in [-0.2, -0.15) is 0 Å². The number of esters is 1. The molecule has 9 heteroatoms. The van der Waals surface area contributed by atoms with Crippen molar-refractivity contribution in [3.63, 3.8) is 0 Å². The molecule has 34 heavy (non-hydrogen) atoms. The Bertz CT molecular complexity index is 1210. The third-order valence-corrected chi connectivity index (χ3v) is 6.37. The summed E-state index contributed by atoms with van der Waals surface area (Å²) in [6.45, 7) is 3.51.